The summed E-state index contributed by atoms with van der Waals surface area (Å²) in [6.45, 7) is 0.0989. The van der Waals surface area contributed by atoms with E-state index in [-0.39, 0.29) is 29.6 Å². The monoisotopic (exact) mass is 335 g/mol. The molecule has 0 atom stereocenters. The Balaban J connectivity index is 1.87. The van der Waals surface area contributed by atoms with Crippen molar-refractivity contribution < 1.29 is 14.7 Å². The molecular weight excluding hydrogens is 302 g/mol. The molecule has 1 saturated heterocycles. The Morgan fingerprint density at radius 2 is 1.46 bits per heavy atom. The van der Waals surface area contributed by atoms with Gasteiger partial charge in [0.1, 0.15) is 11.3 Å². The minimum atomic E-state index is -0.323. The van der Waals surface area contributed by atoms with Crippen LogP contribution in [0.1, 0.15) is 83.5 Å². The van der Waals surface area contributed by atoms with Crippen molar-refractivity contribution in [3.05, 3.63) is 11.3 Å². The summed E-state index contributed by atoms with van der Waals surface area (Å²) in [6.07, 6.45) is 15.8. The van der Waals surface area contributed by atoms with Crippen LogP contribution < -0.4 is 0 Å². The van der Waals surface area contributed by atoms with Crippen molar-refractivity contribution in [2.24, 2.45) is 5.92 Å². The number of rotatable bonds is 3. The van der Waals surface area contributed by atoms with Crippen molar-refractivity contribution in [2.45, 2.75) is 83.5 Å². The number of aliphatic hydroxyl groups excluding tert-OH is 1. The molecule has 2 rings (SSSR count). The van der Waals surface area contributed by atoms with Crippen molar-refractivity contribution in [1.29, 1.82) is 0 Å². The standard InChI is InChI=1S/C20H33NO3/c1-21-15-18(23)19(20(21)24)17(22)14-13-16-11-9-7-5-3-2-4-6-8-10-12-16/h16,22H,2-15H2,1H3/b19-17-. The molecule has 1 amide bonds. The number of likely N-dealkylation sites (N-methyl/N-ethyl adjacent to an activating group) is 1. The van der Waals surface area contributed by atoms with Crippen LogP contribution in [0, 0.1) is 5.92 Å². The maximum atomic E-state index is 12.0. The van der Waals surface area contributed by atoms with E-state index in [0.29, 0.717) is 12.3 Å². The van der Waals surface area contributed by atoms with E-state index in [1.807, 2.05) is 0 Å². The summed E-state index contributed by atoms with van der Waals surface area (Å²) in [4.78, 5) is 25.2. The molecule has 0 aromatic rings. The maximum absolute atomic E-state index is 12.0. The largest absolute Gasteiger partial charge is 0.511 e. The molecule has 136 valence electrons. The Kier molecular flexibility index (Phi) is 7.80. The van der Waals surface area contributed by atoms with Gasteiger partial charge in [-0.1, -0.05) is 70.6 Å². The van der Waals surface area contributed by atoms with E-state index >= 15 is 0 Å². The lowest BCUT2D eigenvalue weighted by Gasteiger charge is -2.18. The van der Waals surface area contributed by atoms with Gasteiger partial charge in [-0.3, -0.25) is 9.59 Å². The maximum Gasteiger partial charge on any atom is 0.261 e. The van der Waals surface area contributed by atoms with Crippen LogP contribution in [0.2, 0.25) is 0 Å². The number of hydrogen-bond acceptors (Lipinski definition) is 3. The van der Waals surface area contributed by atoms with Crippen LogP contribution in [0.3, 0.4) is 0 Å². The van der Waals surface area contributed by atoms with Gasteiger partial charge < -0.3 is 10.0 Å². The molecular formula is C20H33NO3. The molecule has 0 aromatic heterocycles. The molecule has 24 heavy (non-hydrogen) atoms. The number of carbonyl (C=O) groups is 2. The highest BCUT2D eigenvalue weighted by Crippen LogP contribution is 2.27. The molecule has 0 aromatic carbocycles. The van der Waals surface area contributed by atoms with Gasteiger partial charge in [0.2, 0.25) is 0 Å². The van der Waals surface area contributed by atoms with Gasteiger partial charge in [-0.05, 0) is 12.3 Å². The first kappa shape index (κ1) is 19.0. The van der Waals surface area contributed by atoms with E-state index in [2.05, 4.69) is 0 Å². The lowest BCUT2D eigenvalue weighted by atomic mass is 9.89. The van der Waals surface area contributed by atoms with Crippen LogP contribution in [0.15, 0.2) is 11.3 Å². The van der Waals surface area contributed by atoms with E-state index in [1.54, 1.807) is 7.05 Å². The first-order valence-corrected chi connectivity index (χ1v) is 9.80. The third-order valence-corrected chi connectivity index (χ3v) is 5.52. The van der Waals surface area contributed by atoms with Gasteiger partial charge >= 0.3 is 0 Å². The minimum absolute atomic E-state index is 0.0143. The average molecular weight is 335 g/mol. The average Bonchev–Trinajstić information content (AvgIpc) is 2.79. The summed E-state index contributed by atoms with van der Waals surface area (Å²) in [6, 6.07) is 0. The number of Topliss-reactive ketones (excluding diaryl/α,β-unsaturated/α-hetero) is 1. The summed E-state index contributed by atoms with van der Waals surface area (Å²) in [5.41, 5.74) is 0.0330. The quantitative estimate of drug-likeness (QED) is 0.468. The number of hydrogen-bond donors (Lipinski definition) is 1. The van der Waals surface area contributed by atoms with Crippen molar-refractivity contribution in [2.75, 3.05) is 13.6 Å². The number of carbonyl (C=O) groups excluding carboxylic acids is 2. The van der Waals surface area contributed by atoms with Gasteiger partial charge in [0.15, 0.2) is 5.78 Å². The minimum Gasteiger partial charge on any atom is -0.511 e. The van der Waals surface area contributed by atoms with E-state index in [9.17, 15) is 14.7 Å². The highest BCUT2D eigenvalue weighted by atomic mass is 16.3. The molecule has 2 aliphatic rings. The van der Waals surface area contributed by atoms with E-state index in [0.717, 1.165) is 6.42 Å². The van der Waals surface area contributed by atoms with Crippen LogP contribution in [0.4, 0.5) is 0 Å². The Hall–Kier alpha value is -1.32. The number of ketones is 1. The topological polar surface area (TPSA) is 57.6 Å². The second kappa shape index (κ2) is 9.85. The molecule has 4 nitrogen and oxygen atoms in total. The molecule has 2 fully saturated rings. The fraction of sp³-hybridized carbons (Fsp3) is 0.800. The first-order chi connectivity index (χ1) is 11.6. The zero-order chi connectivity index (χ0) is 17.4. The lowest BCUT2D eigenvalue weighted by Crippen LogP contribution is -2.19. The Bertz CT molecular complexity index is 458. The van der Waals surface area contributed by atoms with Gasteiger partial charge in [-0.25, -0.2) is 0 Å². The van der Waals surface area contributed by atoms with Crippen molar-refractivity contribution >= 4 is 11.7 Å². The molecule has 1 aliphatic heterocycles. The van der Waals surface area contributed by atoms with Gasteiger partial charge in [-0.2, -0.15) is 0 Å². The predicted molar refractivity (Wildman–Crippen MR) is 95.8 cm³/mol. The van der Waals surface area contributed by atoms with E-state index in [1.165, 1.54) is 75.5 Å². The summed E-state index contributed by atoms with van der Waals surface area (Å²) in [5, 5.41) is 10.3. The van der Waals surface area contributed by atoms with Gasteiger partial charge in [0, 0.05) is 13.5 Å². The predicted octanol–water partition coefficient (Wildman–Crippen LogP) is 4.54. The normalized spacial score (nSPS) is 24.6. The number of allylic oxidation sites excluding steroid dienone is 1. The number of nitrogens with zero attached hydrogens (tertiary/aromatic N) is 1. The molecule has 1 saturated carbocycles. The zero-order valence-corrected chi connectivity index (χ0v) is 15.2. The van der Waals surface area contributed by atoms with Crippen molar-refractivity contribution in [3.63, 3.8) is 0 Å². The number of amides is 1. The summed E-state index contributed by atoms with van der Waals surface area (Å²) >= 11 is 0. The molecule has 1 aliphatic carbocycles. The lowest BCUT2D eigenvalue weighted by molar-refractivity contribution is -0.123. The van der Waals surface area contributed by atoms with E-state index in [4.69, 9.17) is 0 Å². The first-order valence-electron chi connectivity index (χ1n) is 9.80. The molecule has 1 N–H and O–H groups in total. The van der Waals surface area contributed by atoms with Crippen LogP contribution in [0.5, 0.6) is 0 Å². The van der Waals surface area contributed by atoms with Crippen molar-refractivity contribution in [1.82, 2.24) is 4.90 Å². The summed E-state index contributed by atoms with van der Waals surface area (Å²) in [7, 11) is 1.60. The van der Waals surface area contributed by atoms with Crippen LogP contribution >= 0.6 is 0 Å². The Morgan fingerprint density at radius 3 is 1.92 bits per heavy atom. The third-order valence-electron chi connectivity index (χ3n) is 5.52. The molecule has 0 unspecified atom stereocenters. The second-order valence-corrected chi connectivity index (χ2v) is 7.57. The van der Waals surface area contributed by atoms with Crippen molar-refractivity contribution in [3.8, 4) is 0 Å². The van der Waals surface area contributed by atoms with Crippen LogP contribution in [-0.4, -0.2) is 35.3 Å². The second-order valence-electron chi connectivity index (χ2n) is 7.57. The van der Waals surface area contributed by atoms with Gasteiger partial charge in [-0.15, -0.1) is 0 Å². The molecule has 0 bridgehead atoms. The van der Waals surface area contributed by atoms with E-state index < -0.39 is 0 Å². The smallest absolute Gasteiger partial charge is 0.261 e. The number of aliphatic hydroxyl groups is 1. The molecule has 4 heteroatoms. The van der Waals surface area contributed by atoms with Crippen LogP contribution in [-0.2, 0) is 9.59 Å². The fourth-order valence-corrected chi connectivity index (χ4v) is 3.96. The highest BCUT2D eigenvalue weighted by Gasteiger charge is 2.34. The molecule has 0 spiro atoms. The fourth-order valence-electron chi connectivity index (χ4n) is 3.96. The molecule has 1 heterocycles. The summed E-state index contributed by atoms with van der Waals surface area (Å²) in [5.74, 6) is 0.0619. The highest BCUT2D eigenvalue weighted by molar-refractivity contribution is 6.25. The Morgan fingerprint density at radius 1 is 0.958 bits per heavy atom. The van der Waals surface area contributed by atoms with Crippen LogP contribution in [0.25, 0.3) is 0 Å². The Labute approximate surface area is 146 Å². The van der Waals surface area contributed by atoms with Gasteiger partial charge in [0.05, 0.1) is 6.54 Å². The molecule has 0 radical (unpaired) electrons. The SMILES string of the molecule is CN1CC(=O)/C(=C(/O)CCC2CCCCCCCCCCC2)C1=O. The summed E-state index contributed by atoms with van der Waals surface area (Å²) < 4.78 is 0. The van der Waals surface area contributed by atoms with Gasteiger partial charge in [0.25, 0.3) is 5.91 Å². The number of likely N-dealkylation sites (tertiary alicyclic amines) is 1. The third kappa shape index (κ3) is 5.64. The zero-order valence-electron chi connectivity index (χ0n) is 15.2.